The molecule has 1 N–H and O–H groups in total. The van der Waals surface area contributed by atoms with Crippen LogP contribution >= 0.6 is 27.3 Å². The first kappa shape index (κ1) is 11.7. The minimum Gasteiger partial charge on any atom is -0.383 e. The van der Waals surface area contributed by atoms with Crippen molar-refractivity contribution in [2.45, 2.75) is 6.10 Å². The van der Waals surface area contributed by atoms with Gasteiger partial charge < -0.3 is 5.11 Å². The van der Waals surface area contributed by atoms with Crippen molar-refractivity contribution in [2.75, 3.05) is 0 Å². The van der Waals surface area contributed by atoms with E-state index in [0.29, 0.717) is 4.88 Å². The zero-order chi connectivity index (χ0) is 11.7. The van der Waals surface area contributed by atoms with E-state index in [2.05, 4.69) is 15.9 Å². The van der Waals surface area contributed by atoms with Gasteiger partial charge in [0.2, 0.25) is 0 Å². The average molecular weight is 305 g/mol. The van der Waals surface area contributed by atoms with Crippen molar-refractivity contribution in [3.05, 3.63) is 56.2 Å². The first-order chi connectivity index (χ1) is 7.59. The fraction of sp³-hybridized carbons (Fsp3) is 0.0909. The second kappa shape index (κ2) is 4.61. The molecule has 0 radical (unpaired) electrons. The summed E-state index contributed by atoms with van der Waals surface area (Å²) in [5, 5.41) is 11.6. The first-order valence-corrected chi connectivity index (χ1v) is 6.13. The molecular weight excluding hydrogens is 298 g/mol. The van der Waals surface area contributed by atoms with Crippen LogP contribution in [0.15, 0.2) is 34.1 Å². The largest absolute Gasteiger partial charge is 0.383 e. The predicted molar refractivity (Wildman–Crippen MR) is 62.4 cm³/mol. The number of hydrogen-bond acceptors (Lipinski definition) is 2. The standard InChI is InChI=1S/C11H7BrF2OS/c12-7-5-8(13)6(4-9(7)14)11(15)10-2-1-3-16-10/h1-5,11,15H. The highest BCUT2D eigenvalue weighted by Gasteiger charge is 2.18. The second-order valence-electron chi connectivity index (χ2n) is 3.21. The molecule has 1 unspecified atom stereocenters. The van der Waals surface area contributed by atoms with Gasteiger partial charge in [0.25, 0.3) is 0 Å². The zero-order valence-electron chi connectivity index (χ0n) is 7.95. The third kappa shape index (κ3) is 2.16. The summed E-state index contributed by atoms with van der Waals surface area (Å²) >= 11 is 4.18. The topological polar surface area (TPSA) is 20.2 Å². The zero-order valence-corrected chi connectivity index (χ0v) is 10.4. The Balaban J connectivity index is 2.44. The maximum absolute atomic E-state index is 13.5. The lowest BCUT2D eigenvalue weighted by Crippen LogP contribution is -2.01. The Morgan fingerprint density at radius 1 is 1.25 bits per heavy atom. The Hall–Kier alpha value is -0.780. The Morgan fingerprint density at radius 3 is 2.62 bits per heavy atom. The number of rotatable bonds is 2. The van der Waals surface area contributed by atoms with Crippen LogP contribution in [0, 0.1) is 11.6 Å². The maximum atomic E-state index is 13.5. The number of aliphatic hydroxyl groups is 1. The average Bonchev–Trinajstić information content (AvgIpc) is 2.75. The molecule has 84 valence electrons. The molecule has 1 heterocycles. The van der Waals surface area contributed by atoms with Crippen LogP contribution in [-0.4, -0.2) is 5.11 Å². The van der Waals surface area contributed by atoms with E-state index in [0.717, 1.165) is 12.1 Å². The summed E-state index contributed by atoms with van der Waals surface area (Å²) < 4.78 is 26.8. The molecule has 1 nitrogen and oxygen atoms in total. The Bertz CT molecular complexity index is 499. The molecule has 0 amide bonds. The highest BCUT2D eigenvalue weighted by atomic mass is 79.9. The van der Waals surface area contributed by atoms with Gasteiger partial charge in [-0.2, -0.15) is 0 Å². The van der Waals surface area contributed by atoms with Gasteiger partial charge in [0, 0.05) is 10.4 Å². The highest BCUT2D eigenvalue weighted by molar-refractivity contribution is 9.10. The molecule has 0 saturated heterocycles. The van der Waals surface area contributed by atoms with Crippen LogP contribution in [0.2, 0.25) is 0 Å². The van der Waals surface area contributed by atoms with Gasteiger partial charge in [0.1, 0.15) is 17.7 Å². The molecule has 0 aliphatic carbocycles. The SMILES string of the molecule is OC(c1cccs1)c1cc(F)c(Br)cc1F. The number of benzene rings is 1. The molecule has 1 aromatic carbocycles. The van der Waals surface area contributed by atoms with E-state index in [9.17, 15) is 13.9 Å². The van der Waals surface area contributed by atoms with Crippen LogP contribution in [0.4, 0.5) is 8.78 Å². The van der Waals surface area contributed by atoms with Crippen LogP contribution in [0.25, 0.3) is 0 Å². The summed E-state index contributed by atoms with van der Waals surface area (Å²) in [7, 11) is 0. The third-order valence-corrected chi connectivity index (χ3v) is 3.68. The Labute approximate surface area is 103 Å². The van der Waals surface area contributed by atoms with Crippen molar-refractivity contribution in [3.8, 4) is 0 Å². The summed E-state index contributed by atoms with van der Waals surface area (Å²) in [6.07, 6.45) is -1.12. The number of halogens is 3. The fourth-order valence-corrected chi connectivity index (χ4v) is 2.39. The van der Waals surface area contributed by atoms with E-state index in [1.54, 1.807) is 17.5 Å². The van der Waals surface area contributed by atoms with Gasteiger partial charge in [-0.15, -0.1) is 11.3 Å². The van der Waals surface area contributed by atoms with Gasteiger partial charge in [-0.25, -0.2) is 8.78 Å². The third-order valence-electron chi connectivity index (χ3n) is 2.15. The van der Waals surface area contributed by atoms with Gasteiger partial charge in [-0.1, -0.05) is 6.07 Å². The lowest BCUT2D eigenvalue weighted by molar-refractivity contribution is 0.218. The Kier molecular flexibility index (Phi) is 3.37. The lowest BCUT2D eigenvalue weighted by atomic mass is 10.1. The van der Waals surface area contributed by atoms with E-state index in [4.69, 9.17) is 0 Å². The van der Waals surface area contributed by atoms with Crippen LogP contribution < -0.4 is 0 Å². The first-order valence-electron chi connectivity index (χ1n) is 4.45. The van der Waals surface area contributed by atoms with E-state index in [1.165, 1.54) is 11.3 Å². The normalized spacial score (nSPS) is 12.8. The predicted octanol–water partition coefficient (Wildman–Crippen LogP) is 3.87. The maximum Gasteiger partial charge on any atom is 0.137 e. The molecule has 16 heavy (non-hydrogen) atoms. The summed E-state index contributed by atoms with van der Waals surface area (Å²) in [5.41, 5.74) is -0.0526. The van der Waals surface area contributed by atoms with Crippen molar-refractivity contribution < 1.29 is 13.9 Å². The minimum absolute atomic E-state index is 0.0483. The number of aliphatic hydroxyl groups excluding tert-OH is 1. The summed E-state index contributed by atoms with van der Waals surface area (Å²) in [5.74, 6) is -1.22. The second-order valence-corrected chi connectivity index (χ2v) is 5.04. The van der Waals surface area contributed by atoms with Crippen molar-refractivity contribution in [1.82, 2.24) is 0 Å². The van der Waals surface area contributed by atoms with Gasteiger partial charge in [-0.3, -0.25) is 0 Å². The van der Waals surface area contributed by atoms with Gasteiger partial charge >= 0.3 is 0 Å². The summed E-state index contributed by atoms with van der Waals surface area (Å²) in [4.78, 5) is 0.584. The van der Waals surface area contributed by atoms with Crippen LogP contribution in [0.3, 0.4) is 0 Å². The molecule has 0 fully saturated rings. The molecular formula is C11H7BrF2OS. The van der Waals surface area contributed by atoms with Gasteiger partial charge in [0.05, 0.1) is 4.47 Å². The summed E-state index contributed by atoms with van der Waals surface area (Å²) in [6.45, 7) is 0. The molecule has 1 atom stereocenters. The van der Waals surface area contributed by atoms with E-state index in [1.807, 2.05) is 0 Å². The smallest absolute Gasteiger partial charge is 0.137 e. The molecule has 5 heteroatoms. The van der Waals surface area contributed by atoms with E-state index >= 15 is 0 Å². The van der Waals surface area contributed by atoms with Crippen LogP contribution in [-0.2, 0) is 0 Å². The fourth-order valence-electron chi connectivity index (χ4n) is 1.35. The Morgan fingerprint density at radius 2 is 2.00 bits per heavy atom. The van der Waals surface area contributed by atoms with E-state index < -0.39 is 17.7 Å². The number of thiophene rings is 1. The van der Waals surface area contributed by atoms with Crippen LogP contribution in [0.1, 0.15) is 16.5 Å². The molecule has 0 spiro atoms. The molecule has 0 bridgehead atoms. The monoisotopic (exact) mass is 304 g/mol. The molecule has 2 aromatic rings. The van der Waals surface area contributed by atoms with Crippen molar-refractivity contribution in [2.24, 2.45) is 0 Å². The molecule has 0 aliphatic heterocycles. The van der Waals surface area contributed by atoms with Crippen molar-refractivity contribution in [1.29, 1.82) is 0 Å². The molecule has 0 saturated carbocycles. The molecule has 1 aromatic heterocycles. The van der Waals surface area contributed by atoms with Crippen LogP contribution in [0.5, 0.6) is 0 Å². The van der Waals surface area contributed by atoms with Gasteiger partial charge in [0.15, 0.2) is 0 Å². The molecule has 0 aliphatic rings. The lowest BCUT2D eigenvalue weighted by Gasteiger charge is -2.10. The van der Waals surface area contributed by atoms with E-state index in [-0.39, 0.29) is 10.0 Å². The summed E-state index contributed by atoms with van der Waals surface area (Å²) in [6, 6.07) is 5.44. The van der Waals surface area contributed by atoms with Crippen molar-refractivity contribution in [3.63, 3.8) is 0 Å². The number of hydrogen-bond donors (Lipinski definition) is 1. The van der Waals surface area contributed by atoms with Crippen molar-refractivity contribution >= 4 is 27.3 Å². The molecule has 2 rings (SSSR count). The highest BCUT2D eigenvalue weighted by Crippen LogP contribution is 2.30. The minimum atomic E-state index is -1.12. The van der Waals surface area contributed by atoms with Gasteiger partial charge in [-0.05, 0) is 39.5 Å². The quantitative estimate of drug-likeness (QED) is 0.835.